The predicted octanol–water partition coefficient (Wildman–Crippen LogP) is 4.66. The summed E-state index contributed by atoms with van der Waals surface area (Å²) in [6.45, 7) is 4.31. The van der Waals surface area contributed by atoms with Crippen molar-refractivity contribution in [2.75, 3.05) is 0 Å². The van der Waals surface area contributed by atoms with E-state index in [0.29, 0.717) is 16.3 Å². The summed E-state index contributed by atoms with van der Waals surface area (Å²) in [6.07, 6.45) is 2.54. The number of halogens is 2. The van der Waals surface area contributed by atoms with Gasteiger partial charge in [0.15, 0.2) is 4.67 Å². The number of furan rings is 1. The number of aliphatic hydroxyl groups is 1. The van der Waals surface area contributed by atoms with Gasteiger partial charge >= 0.3 is 0 Å². The molecule has 0 fully saturated rings. The summed E-state index contributed by atoms with van der Waals surface area (Å²) in [6, 6.07) is 1.81. The summed E-state index contributed by atoms with van der Waals surface area (Å²) in [5, 5.41) is 9.92. The van der Waals surface area contributed by atoms with Crippen LogP contribution in [0.15, 0.2) is 19.6 Å². The first-order chi connectivity index (χ1) is 7.04. The fraction of sp³-hybridized carbons (Fsp3) is 0.636. The zero-order valence-electron chi connectivity index (χ0n) is 8.96. The van der Waals surface area contributed by atoms with Crippen molar-refractivity contribution >= 4 is 31.9 Å². The van der Waals surface area contributed by atoms with Gasteiger partial charge in [-0.2, -0.15) is 0 Å². The Labute approximate surface area is 107 Å². The standard InChI is InChI=1S/C11H16Br2O2/c1-3-4-7(2)5-9(14)10-6-8(12)11(13)15-10/h6-7,9,14H,3-5H2,1-2H3. The topological polar surface area (TPSA) is 33.4 Å². The molecule has 0 aliphatic heterocycles. The molecule has 86 valence electrons. The van der Waals surface area contributed by atoms with Crippen molar-refractivity contribution in [3.05, 3.63) is 21.0 Å². The highest BCUT2D eigenvalue weighted by Crippen LogP contribution is 2.32. The Balaban J connectivity index is 2.56. The monoisotopic (exact) mass is 338 g/mol. The Morgan fingerprint density at radius 1 is 1.47 bits per heavy atom. The maximum absolute atomic E-state index is 9.92. The average molecular weight is 340 g/mol. The fourth-order valence-electron chi connectivity index (χ4n) is 1.64. The summed E-state index contributed by atoms with van der Waals surface area (Å²) < 4.78 is 6.86. The summed E-state index contributed by atoms with van der Waals surface area (Å²) in [5.41, 5.74) is 0. The number of hydrogen-bond donors (Lipinski definition) is 1. The van der Waals surface area contributed by atoms with Gasteiger partial charge in [0.05, 0.1) is 4.47 Å². The van der Waals surface area contributed by atoms with Crippen molar-refractivity contribution in [1.29, 1.82) is 0 Å². The minimum absolute atomic E-state index is 0.505. The van der Waals surface area contributed by atoms with Crippen molar-refractivity contribution in [3.63, 3.8) is 0 Å². The molecule has 0 saturated carbocycles. The van der Waals surface area contributed by atoms with Gasteiger partial charge in [-0.25, -0.2) is 0 Å². The van der Waals surface area contributed by atoms with Crippen LogP contribution in [0.25, 0.3) is 0 Å². The molecule has 2 atom stereocenters. The van der Waals surface area contributed by atoms with Gasteiger partial charge in [-0.15, -0.1) is 0 Å². The molecule has 1 aromatic heterocycles. The highest BCUT2D eigenvalue weighted by atomic mass is 79.9. The maximum Gasteiger partial charge on any atom is 0.183 e. The van der Waals surface area contributed by atoms with Crippen LogP contribution in [0.2, 0.25) is 0 Å². The number of hydrogen-bond acceptors (Lipinski definition) is 2. The second-order valence-electron chi connectivity index (χ2n) is 3.92. The zero-order chi connectivity index (χ0) is 11.4. The summed E-state index contributed by atoms with van der Waals surface area (Å²) in [4.78, 5) is 0. The van der Waals surface area contributed by atoms with E-state index in [9.17, 15) is 5.11 Å². The van der Waals surface area contributed by atoms with Gasteiger partial charge in [-0.3, -0.25) is 0 Å². The smallest absolute Gasteiger partial charge is 0.183 e. The Bertz CT molecular complexity index is 290. The SMILES string of the molecule is CCCC(C)CC(O)c1cc(Br)c(Br)o1. The number of rotatable bonds is 5. The van der Waals surface area contributed by atoms with Crippen molar-refractivity contribution in [2.45, 2.75) is 39.2 Å². The van der Waals surface area contributed by atoms with Gasteiger partial charge in [0.25, 0.3) is 0 Å². The molecule has 0 bridgehead atoms. The first-order valence-electron chi connectivity index (χ1n) is 5.17. The number of aliphatic hydroxyl groups excluding tert-OH is 1. The van der Waals surface area contributed by atoms with Gasteiger partial charge in [0.1, 0.15) is 11.9 Å². The molecule has 0 aromatic carbocycles. The van der Waals surface area contributed by atoms with E-state index in [0.717, 1.165) is 23.7 Å². The Kier molecular flexibility index (Phi) is 5.36. The van der Waals surface area contributed by atoms with Crippen LogP contribution in [-0.4, -0.2) is 5.11 Å². The van der Waals surface area contributed by atoms with Crippen LogP contribution in [-0.2, 0) is 0 Å². The lowest BCUT2D eigenvalue weighted by Crippen LogP contribution is -2.03. The lowest BCUT2D eigenvalue weighted by atomic mass is 9.98. The quantitative estimate of drug-likeness (QED) is 0.846. The molecule has 1 rings (SSSR count). The summed E-state index contributed by atoms with van der Waals surface area (Å²) in [5.74, 6) is 1.14. The second-order valence-corrected chi connectivity index (χ2v) is 5.49. The van der Waals surface area contributed by atoms with Gasteiger partial charge in [0.2, 0.25) is 0 Å². The largest absolute Gasteiger partial charge is 0.450 e. The van der Waals surface area contributed by atoms with Crippen LogP contribution in [0.5, 0.6) is 0 Å². The molecule has 1 heterocycles. The van der Waals surface area contributed by atoms with Crippen molar-refractivity contribution in [2.24, 2.45) is 5.92 Å². The van der Waals surface area contributed by atoms with E-state index in [1.54, 1.807) is 0 Å². The molecule has 0 amide bonds. The van der Waals surface area contributed by atoms with Crippen molar-refractivity contribution in [1.82, 2.24) is 0 Å². The molecular weight excluding hydrogens is 324 g/mol. The lowest BCUT2D eigenvalue weighted by molar-refractivity contribution is 0.119. The molecular formula is C11H16Br2O2. The first kappa shape index (κ1) is 13.3. The van der Waals surface area contributed by atoms with Crippen molar-refractivity contribution in [3.8, 4) is 0 Å². The molecule has 0 radical (unpaired) electrons. The Morgan fingerprint density at radius 2 is 2.13 bits per heavy atom. The van der Waals surface area contributed by atoms with E-state index in [-0.39, 0.29) is 0 Å². The lowest BCUT2D eigenvalue weighted by Gasteiger charge is -2.13. The van der Waals surface area contributed by atoms with Crippen LogP contribution >= 0.6 is 31.9 Å². The summed E-state index contributed by atoms with van der Waals surface area (Å²) >= 11 is 6.59. The van der Waals surface area contributed by atoms with Gasteiger partial charge in [0, 0.05) is 0 Å². The molecule has 0 aliphatic carbocycles. The highest BCUT2D eigenvalue weighted by Gasteiger charge is 2.17. The van der Waals surface area contributed by atoms with E-state index in [1.807, 2.05) is 6.07 Å². The second kappa shape index (κ2) is 6.06. The van der Waals surface area contributed by atoms with Gasteiger partial charge in [-0.1, -0.05) is 26.7 Å². The molecule has 2 nitrogen and oxygen atoms in total. The van der Waals surface area contributed by atoms with Crippen molar-refractivity contribution < 1.29 is 9.52 Å². The third-order valence-corrected chi connectivity index (χ3v) is 4.11. The predicted molar refractivity (Wildman–Crippen MR) is 67.8 cm³/mol. The first-order valence-corrected chi connectivity index (χ1v) is 6.76. The Morgan fingerprint density at radius 3 is 2.60 bits per heavy atom. The third-order valence-electron chi connectivity index (χ3n) is 2.40. The highest BCUT2D eigenvalue weighted by molar-refractivity contribution is 9.13. The van der Waals surface area contributed by atoms with Crippen LogP contribution < -0.4 is 0 Å². The molecule has 2 unspecified atom stereocenters. The van der Waals surface area contributed by atoms with Gasteiger partial charge < -0.3 is 9.52 Å². The molecule has 15 heavy (non-hydrogen) atoms. The Hall–Kier alpha value is 0.200. The fourth-order valence-corrected chi connectivity index (χ4v) is 2.24. The van der Waals surface area contributed by atoms with Crippen LogP contribution in [0.1, 0.15) is 45.0 Å². The minimum atomic E-state index is -0.505. The van der Waals surface area contributed by atoms with E-state index < -0.39 is 6.10 Å². The maximum atomic E-state index is 9.92. The van der Waals surface area contributed by atoms with E-state index in [4.69, 9.17) is 4.42 Å². The van der Waals surface area contributed by atoms with E-state index >= 15 is 0 Å². The third kappa shape index (κ3) is 3.93. The molecule has 1 N–H and O–H groups in total. The summed E-state index contributed by atoms with van der Waals surface area (Å²) in [7, 11) is 0. The van der Waals surface area contributed by atoms with E-state index in [2.05, 4.69) is 45.7 Å². The van der Waals surface area contributed by atoms with Crippen LogP contribution in [0, 0.1) is 5.92 Å². The average Bonchev–Trinajstić information content (AvgIpc) is 2.47. The molecule has 0 spiro atoms. The zero-order valence-corrected chi connectivity index (χ0v) is 12.1. The normalized spacial score (nSPS) is 15.3. The molecule has 4 heteroatoms. The van der Waals surface area contributed by atoms with E-state index in [1.165, 1.54) is 0 Å². The van der Waals surface area contributed by atoms with Crippen LogP contribution in [0.4, 0.5) is 0 Å². The molecule has 0 aliphatic rings. The molecule has 1 aromatic rings. The molecule has 0 saturated heterocycles. The van der Waals surface area contributed by atoms with Gasteiger partial charge in [-0.05, 0) is 50.3 Å². The van der Waals surface area contributed by atoms with Crippen LogP contribution in [0.3, 0.4) is 0 Å². The minimum Gasteiger partial charge on any atom is -0.450 e.